The van der Waals surface area contributed by atoms with Crippen LogP contribution in [0.4, 0.5) is 4.79 Å². The predicted octanol–water partition coefficient (Wildman–Crippen LogP) is 0.443. The number of carboxylic acid groups (broad SMARTS) is 1. The van der Waals surface area contributed by atoms with Crippen LogP contribution in [0, 0.1) is 11.8 Å². The van der Waals surface area contributed by atoms with Gasteiger partial charge in [-0.05, 0) is 19.9 Å². The van der Waals surface area contributed by atoms with Crippen molar-refractivity contribution >= 4 is 12.0 Å². The Balaban J connectivity index is 1.59. The first-order chi connectivity index (χ1) is 8.99. The second kappa shape index (κ2) is 5.77. The Morgan fingerprint density at radius 2 is 2.05 bits per heavy atom. The zero-order valence-corrected chi connectivity index (χ0v) is 11.6. The summed E-state index contributed by atoms with van der Waals surface area (Å²) in [5.74, 6) is -1.06. The molecule has 2 rings (SSSR count). The Morgan fingerprint density at radius 3 is 2.58 bits per heavy atom. The van der Waals surface area contributed by atoms with Gasteiger partial charge in [0.2, 0.25) is 0 Å². The van der Waals surface area contributed by atoms with Crippen LogP contribution in [0.25, 0.3) is 0 Å². The van der Waals surface area contributed by atoms with E-state index in [1.165, 1.54) is 12.8 Å². The zero-order chi connectivity index (χ0) is 14.0. The van der Waals surface area contributed by atoms with Gasteiger partial charge in [0, 0.05) is 38.1 Å². The number of likely N-dealkylation sites (tertiary alicyclic amines) is 1. The van der Waals surface area contributed by atoms with Gasteiger partial charge >= 0.3 is 12.0 Å². The second-order valence-corrected chi connectivity index (χ2v) is 5.74. The number of nitrogens with one attached hydrogen (secondary N) is 1. The number of carbonyl (C=O) groups is 2. The lowest BCUT2D eigenvalue weighted by molar-refractivity contribution is -0.144. The molecule has 1 aliphatic heterocycles. The van der Waals surface area contributed by atoms with Crippen molar-refractivity contribution in [3.05, 3.63) is 0 Å². The number of nitrogens with zero attached hydrogens (tertiary/aromatic N) is 2. The van der Waals surface area contributed by atoms with Crippen LogP contribution in [0.2, 0.25) is 0 Å². The summed E-state index contributed by atoms with van der Waals surface area (Å²) in [5.41, 5.74) is 0. The third kappa shape index (κ3) is 3.59. The number of hydrogen-bond acceptors (Lipinski definition) is 3. The quantitative estimate of drug-likeness (QED) is 0.734. The van der Waals surface area contributed by atoms with E-state index in [1.807, 2.05) is 0 Å². The molecule has 2 fully saturated rings. The molecule has 1 heterocycles. The lowest BCUT2D eigenvalue weighted by Crippen LogP contribution is -2.57. The van der Waals surface area contributed by atoms with Crippen molar-refractivity contribution in [3.63, 3.8) is 0 Å². The molecule has 108 valence electrons. The molecule has 0 bridgehead atoms. The molecular weight excluding hydrogens is 246 g/mol. The number of amides is 2. The van der Waals surface area contributed by atoms with Gasteiger partial charge in [-0.1, -0.05) is 6.92 Å². The fourth-order valence-electron chi connectivity index (χ4n) is 2.35. The summed E-state index contributed by atoms with van der Waals surface area (Å²) in [6, 6.07) is 0.639. The Morgan fingerprint density at radius 1 is 1.42 bits per heavy atom. The van der Waals surface area contributed by atoms with Crippen LogP contribution in [0.5, 0.6) is 0 Å². The summed E-state index contributed by atoms with van der Waals surface area (Å²) in [6.45, 7) is 4.34. The van der Waals surface area contributed by atoms with Crippen molar-refractivity contribution < 1.29 is 14.7 Å². The molecule has 6 nitrogen and oxygen atoms in total. The monoisotopic (exact) mass is 269 g/mol. The Kier molecular flexibility index (Phi) is 4.29. The van der Waals surface area contributed by atoms with Gasteiger partial charge in [0.05, 0.1) is 5.92 Å². The number of carboxylic acids is 1. The van der Waals surface area contributed by atoms with Crippen LogP contribution in [0.15, 0.2) is 0 Å². The van der Waals surface area contributed by atoms with Crippen molar-refractivity contribution in [1.29, 1.82) is 0 Å². The minimum Gasteiger partial charge on any atom is -0.481 e. The molecule has 2 amide bonds. The first kappa shape index (κ1) is 14.1. The standard InChI is InChI=1S/C13H23N3O3/c1-9(12(17)18)10-7-16(8-10)13(19)14-5-6-15(2)11-3-4-11/h9-11H,3-8H2,1-2H3,(H,14,19)(H,17,18). The van der Waals surface area contributed by atoms with E-state index in [1.54, 1.807) is 11.8 Å². The SMILES string of the molecule is CC(C(=O)O)C1CN(C(=O)NCCN(C)C2CC2)C1. The molecule has 1 aliphatic carbocycles. The molecule has 2 aliphatic rings. The Hall–Kier alpha value is -1.30. The van der Waals surface area contributed by atoms with Gasteiger partial charge in [0.1, 0.15) is 0 Å². The normalized spacial score (nSPS) is 21.1. The summed E-state index contributed by atoms with van der Waals surface area (Å²) in [6.07, 6.45) is 2.54. The number of urea groups is 1. The predicted molar refractivity (Wildman–Crippen MR) is 70.9 cm³/mol. The number of carbonyl (C=O) groups excluding carboxylic acids is 1. The maximum absolute atomic E-state index is 11.8. The highest BCUT2D eigenvalue weighted by Gasteiger charge is 2.37. The average molecular weight is 269 g/mol. The van der Waals surface area contributed by atoms with Crippen LogP contribution < -0.4 is 5.32 Å². The lowest BCUT2D eigenvalue weighted by Gasteiger charge is -2.41. The topological polar surface area (TPSA) is 72.9 Å². The molecule has 0 aromatic heterocycles. The Bertz CT molecular complexity index is 351. The summed E-state index contributed by atoms with van der Waals surface area (Å²) < 4.78 is 0. The van der Waals surface area contributed by atoms with Crippen molar-refractivity contribution in [2.45, 2.75) is 25.8 Å². The maximum atomic E-state index is 11.8. The Labute approximate surface area is 113 Å². The molecule has 0 radical (unpaired) electrons. The summed E-state index contributed by atoms with van der Waals surface area (Å²) >= 11 is 0. The molecule has 1 unspecified atom stereocenters. The van der Waals surface area contributed by atoms with Gasteiger partial charge in [-0.2, -0.15) is 0 Å². The number of rotatable bonds is 6. The van der Waals surface area contributed by atoms with Crippen molar-refractivity contribution in [2.75, 3.05) is 33.2 Å². The second-order valence-electron chi connectivity index (χ2n) is 5.74. The van der Waals surface area contributed by atoms with E-state index in [-0.39, 0.29) is 17.9 Å². The van der Waals surface area contributed by atoms with Crippen LogP contribution in [-0.2, 0) is 4.79 Å². The molecule has 0 aromatic rings. The van der Waals surface area contributed by atoms with E-state index in [2.05, 4.69) is 17.3 Å². The summed E-state index contributed by atoms with van der Waals surface area (Å²) in [5, 5.41) is 11.8. The fourth-order valence-corrected chi connectivity index (χ4v) is 2.35. The molecule has 2 N–H and O–H groups in total. The highest BCUT2D eigenvalue weighted by atomic mass is 16.4. The fraction of sp³-hybridized carbons (Fsp3) is 0.846. The highest BCUT2D eigenvalue weighted by Crippen LogP contribution is 2.25. The van der Waals surface area contributed by atoms with Gasteiger partial charge in [-0.3, -0.25) is 4.79 Å². The van der Waals surface area contributed by atoms with Gasteiger partial charge < -0.3 is 20.2 Å². The minimum atomic E-state index is -0.781. The van der Waals surface area contributed by atoms with Crippen LogP contribution >= 0.6 is 0 Å². The van der Waals surface area contributed by atoms with Gasteiger partial charge in [-0.25, -0.2) is 4.79 Å². The van der Waals surface area contributed by atoms with E-state index in [4.69, 9.17) is 5.11 Å². The van der Waals surface area contributed by atoms with Crippen LogP contribution in [0.3, 0.4) is 0 Å². The first-order valence-electron chi connectivity index (χ1n) is 6.95. The molecule has 0 spiro atoms. The number of hydrogen-bond donors (Lipinski definition) is 2. The van der Waals surface area contributed by atoms with Crippen LogP contribution in [-0.4, -0.2) is 66.2 Å². The summed E-state index contributed by atoms with van der Waals surface area (Å²) in [7, 11) is 2.08. The van der Waals surface area contributed by atoms with Crippen molar-refractivity contribution in [2.24, 2.45) is 11.8 Å². The third-order valence-corrected chi connectivity index (χ3v) is 4.20. The average Bonchev–Trinajstić information content (AvgIpc) is 3.10. The summed E-state index contributed by atoms with van der Waals surface area (Å²) in [4.78, 5) is 26.5. The molecule has 1 atom stereocenters. The number of aliphatic carboxylic acids is 1. The molecule has 19 heavy (non-hydrogen) atoms. The number of likely N-dealkylation sites (N-methyl/N-ethyl adjacent to an activating group) is 1. The molecule has 6 heteroatoms. The van der Waals surface area contributed by atoms with Gasteiger partial charge in [-0.15, -0.1) is 0 Å². The van der Waals surface area contributed by atoms with Crippen molar-refractivity contribution in [1.82, 2.24) is 15.1 Å². The highest BCUT2D eigenvalue weighted by molar-refractivity contribution is 5.76. The van der Waals surface area contributed by atoms with E-state index < -0.39 is 5.97 Å². The van der Waals surface area contributed by atoms with E-state index in [0.29, 0.717) is 25.7 Å². The first-order valence-corrected chi connectivity index (χ1v) is 6.95. The molecule has 1 saturated carbocycles. The van der Waals surface area contributed by atoms with E-state index in [9.17, 15) is 9.59 Å². The largest absolute Gasteiger partial charge is 0.481 e. The van der Waals surface area contributed by atoms with E-state index in [0.717, 1.165) is 6.54 Å². The molecule has 1 saturated heterocycles. The third-order valence-electron chi connectivity index (χ3n) is 4.20. The van der Waals surface area contributed by atoms with Crippen LogP contribution in [0.1, 0.15) is 19.8 Å². The van der Waals surface area contributed by atoms with Gasteiger partial charge in [0.25, 0.3) is 0 Å². The van der Waals surface area contributed by atoms with E-state index >= 15 is 0 Å². The zero-order valence-electron chi connectivity index (χ0n) is 11.6. The van der Waals surface area contributed by atoms with Gasteiger partial charge in [0.15, 0.2) is 0 Å². The maximum Gasteiger partial charge on any atom is 0.317 e. The minimum absolute atomic E-state index is 0.0713. The molecular formula is C13H23N3O3. The lowest BCUT2D eigenvalue weighted by atomic mass is 9.87. The molecule has 0 aromatic carbocycles. The smallest absolute Gasteiger partial charge is 0.317 e. The van der Waals surface area contributed by atoms with Crippen molar-refractivity contribution in [3.8, 4) is 0 Å².